The summed E-state index contributed by atoms with van der Waals surface area (Å²) in [5, 5.41) is 4.98. The summed E-state index contributed by atoms with van der Waals surface area (Å²) in [6, 6.07) is 88.6. The second kappa shape index (κ2) is 17.2. The molecule has 2 nitrogen and oxygen atoms in total. The van der Waals surface area contributed by atoms with Crippen molar-refractivity contribution < 1.29 is 0 Å². The van der Waals surface area contributed by atoms with Crippen LogP contribution in [0.25, 0.3) is 82.8 Å². The van der Waals surface area contributed by atoms with Crippen molar-refractivity contribution in [2.45, 2.75) is 19.3 Å². The van der Waals surface area contributed by atoms with Crippen molar-refractivity contribution >= 4 is 44.0 Å². The van der Waals surface area contributed by atoms with E-state index < -0.39 is 0 Å². The highest BCUT2D eigenvalue weighted by Crippen LogP contribution is 2.46. The molecule has 11 aromatic rings. The maximum absolute atomic E-state index is 2.52. The van der Waals surface area contributed by atoms with E-state index in [4.69, 9.17) is 0 Å². The summed E-state index contributed by atoms with van der Waals surface area (Å²) in [6.07, 6.45) is 5.71. The fourth-order valence-electron chi connectivity index (χ4n) is 10.5. The lowest BCUT2D eigenvalue weighted by atomic mass is 9.86. The highest BCUT2D eigenvalue weighted by Gasteiger charge is 2.25. The van der Waals surface area contributed by atoms with Gasteiger partial charge in [0.1, 0.15) is 0 Å². The summed E-state index contributed by atoms with van der Waals surface area (Å²) < 4.78 is 2.40. The van der Waals surface area contributed by atoms with Crippen molar-refractivity contribution in [2.24, 2.45) is 0 Å². The van der Waals surface area contributed by atoms with Crippen molar-refractivity contribution in [3.05, 3.63) is 272 Å². The molecule has 0 saturated heterocycles. The molecule has 0 radical (unpaired) electrons. The summed E-state index contributed by atoms with van der Waals surface area (Å²) >= 11 is 0. The van der Waals surface area contributed by atoms with Crippen LogP contribution < -0.4 is 4.90 Å². The third-order valence-electron chi connectivity index (χ3n) is 13.7. The Morgan fingerprint density at radius 1 is 0.433 bits per heavy atom. The molecule has 12 rings (SSSR count). The molecule has 318 valence electrons. The molecule has 67 heavy (non-hydrogen) atoms. The fourth-order valence-corrected chi connectivity index (χ4v) is 10.5. The number of allylic oxidation sites excluding steroid dienone is 3. The van der Waals surface area contributed by atoms with Crippen LogP contribution in [0.4, 0.5) is 11.4 Å². The van der Waals surface area contributed by atoms with Gasteiger partial charge in [-0.2, -0.15) is 0 Å². The Balaban J connectivity index is 1.01. The minimum atomic E-state index is 0.270. The fraction of sp³-hybridized carbons (Fsp3) is 0.0462. The van der Waals surface area contributed by atoms with E-state index in [2.05, 4.69) is 271 Å². The minimum Gasteiger partial charge on any atom is -0.310 e. The highest BCUT2D eigenvalue weighted by atomic mass is 15.2. The molecule has 0 bridgehead atoms. The van der Waals surface area contributed by atoms with Crippen molar-refractivity contribution in [2.75, 3.05) is 4.90 Å². The monoisotopic (exact) mass is 856 g/mol. The number of rotatable bonds is 9. The van der Waals surface area contributed by atoms with E-state index in [0.717, 1.165) is 29.0 Å². The topological polar surface area (TPSA) is 8.17 Å². The molecule has 0 amide bonds. The van der Waals surface area contributed by atoms with E-state index >= 15 is 0 Å². The number of anilines is 2. The molecule has 1 aromatic heterocycles. The van der Waals surface area contributed by atoms with Gasteiger partial charge in [-0.05, 0) is 123 Å². The van der Waals surface area contributed by atoms with Gasteiger partial charge in [-0.15, -0.1) is 0 Å². The summed E-state index contributed by atoms with van der Waals surface area (Å²) in [5.74, 6) is 0.270. The number of aromatic nitrogens is 1. The maximum Gasteiger partial charge on any atom is 0.0547 e. The normalized spacial score (nSPS) is 13.7. The Morgan fingerprint density at radius 2 is 1.01 bits per heavy atom. The lowest BCUT2D eigenvalue weighted by molar-refractivity contribution is 0.796. The summed E-state index contributed by atoms with van der Waals surface area (Å²) in [7, 11) is 0. The van der Waals surface area contributed by atoms with Gasteiger partial charge in [0, 0.05) is 39.3 Å². The smallest absolute Gasteiger partial charge is 0.0547 e. The first kappa shape index (κ1) is 40.1. The molecule has 0 aliphatic heterocycles. The van der Waals surface area contributed by atoms with Gasteiger partial charge in [-0.25, -0.2) is 0 Å². The standard InChI is InChI=1S/C65H48N2/c1-45-42-52(48-36-34-47(35-37-48)46-18-5-2-6-19-46)39-41-61(45)67(63-33-14-12-29-58(63)60-31-17-23-50-22-16-30-56(65(50)60)49-20-7-3-8-21-49)55-27-15-24-51(43-55)53-38-40-59-57-28-11-13-32-62(57)66(64(59)44-53)54-25-9-4-10-26-54/h2-41,43-44,52H,42H2,1H3. The van der Waals surface area contributed by atoms with Gasteiger partial charge in [-0.1, -0.05) is 206 Å². The molecule has 10 aromatic carbocycles. The van der Waals surface area contributed by atoms with Gasteiger partial charge < -0.3 is 9.47 Å². The Morgan fingerprint density at radius 3 is 1.79 bits per heavy atom. The quantitative estimate of drug-likeness (QED) is 0.140. The van der Waals surface area contributed by atoms with E-state index in [-0.39, 0.29) is 5.92 Å². The molecule has 1 heterocycles. The molecule has 1 unspecified atom stereocenters. The molecule has 0 fully saturated rings. The predicted octanol–water partition coefficient (Wildman–Crippen LogP) is 17.8. The van der Waals surface area contributed by atoms with Gasteiger partial charge in [-0.3, -0.25) is 0 Å². The van der Waals surface area contributed by atoms with Crippen LogP contribution in [0.15, 0.2) is 266 Å². The summed E-state index contributed by atoms with van der Waals surface area (Å²) in [6.45, 7) is 2.32. The zero-order valence-electron chi connectivity index (χ0n) is 37.4. The van der Waals surface area contributed by atoms with Crippen LogP contribution in [-0.4, -0.2) is 4.57 Å². The number of nitrogens with zero attached hydrogens (tertiary/aromatic N) is 2. The van der Waals surface area contributed by atoms with Crippen molar-refractivity contribution in [3.63, 3.8) is 0 Å². The highest BCUT2D eigenvalue weighted by molar-refractivity contribution is 6.11. The molecule has 0 saturated carbocycles. The number of fused-ring (bicyclic) bond motifs is 4. The Hall–Kier alpha value is -8.46. The molecular weight excluding hydrogens is 809 g/mol. The van der Waals surface area contributed by atoms with Crippen molar-refractivity contribution in [3.8, 4) is 50.2 Å². The molecule has 0 N–H and O–H groups in total. The van der Waals surface area contributed by atoms with Gasteiger partial charge in [0.25, 0.3) is 0 Å². The third-order valence-corrected chi connectivity index (χ3v) is 13.7. The first-order chi connectivity index (χ1) is 33.2. The van der Waals surface area contributed by atoms with Gasteiger partial charge in [0.05, 0.1) is 16.7 Å². The number of hydrogen-bond acceptors (Lipinski definition) is 1. The molecular formula is C65H48N2. The average Bonchev–Trinajstić information content (AvgIpc) is 3.73. The van der Waals surface area contributed by atoms with Crippen molar-refractivity contribution in [1.29, 1.82) is 0 Å². The van der Waals surface area contributed by atoms with Crippen LogP contribution in [0.5, 0.6) is 0 Å². The van der Waals surface area contributed by atoms with E-state index in [1.165, 1.54) is 88.4 Å². The summed E-state index contributed by atoms with van der Waals surface area (Å²) in [5.41, 5.74) is 19.3. The van der Waals surface area contributed by atoms with Gasteiger partial charge in [0.15, 0.2) is 0 Å². The minimum absolute atomic E-state index is 0.270. The predicted molar refractivity (Wildman–Crippen MR) is 284 cm³/mol. The van der Waals surface area contributed by atoms with Gasteiger partial charge >= 0.3 is 0 Å². The third kappa shape index (κ3) is 7.34. The average molecular weight is 857 g/mol. The van der Waals surface area contributed by atoms with E-state index in [0.29, 0.717) is 0 Å². The lowest BCUT2D eigenvalue weighted by Crippen LogP contribution is -2.20. The Bertz CT molecular complexity index is 3650. The van der Waals surface area contributed by atoms with Crippen LogP contribution in [-0.2, 0) is 0 Å². The number of hydrogen-bond donors (Lipinski definition) is 0. The Labute approximate surface area is 392 Å². The van der Waals surface area contributed by atoms with Crippen LogP contribution in [0.2, 0.25) is 0 Å². The number of benzene rings is 10. The largest absolute Gasteiger partial charge is 0.310 e. The summed E-state index contributed by atoms with van der Waals surface area (Å²) in [4.78, 5) is 2.52. The SMILES string of the molecule is CC1=C(N(c2cccc(-c3ccc4c5ccccc5n(-c5ccccc5)c4c3)c2)c2ccccc2-c2cccc3cccc(-c4ccccc4)c23)C=CC(c2ccc(-c3ccccc3)cc2)C1. The molecule has 0 spiro atoms. The lowest BCUT2D eigenvalue weighted by Gasteiger charge is -2.33. The van der Waals surface area contributed by atoms with Crippen LogP contribution >= 0.6 is 0 Å². The first-order valence-electron chi connectivity index (χ1n) is 23.4. The van der Waals surface area contributed by atoms with E-state index in [9.17, 15) is 0 Å². The molecule has 2 heteroatoms. The second-order valence-electron chi connectivity index (χ2n) is 17.7. The zero-order chi connectivity index (χ0) is 44.7. The van der Waals surface area contributed by atoms with Crippen LogP contribution in [0.3, 0.4) is 0 Å². The number of para-hydroxylation sites is 3. The maximum atomic E-state index is 2.52. The van der Waals surface area contributed by atoms with Crippen LogP contribution in [0.1, 0.15) is 24.8 Å². The molecule has 1 aliphatic carbocycles. The van der Waals surface area contributed by atoms with Crippen molar-refractivity contribution in [1.82, 2.24) is 4.57 Å². The first-order valence-corrected chi connectivity index (χ1v) is 23.4. The second-order valence-corrected chi connectivity index (χ2v) is 17.7. The molecule has 1 atom stereocenters. The zero-order valence-corrected chi connectivity index (χ0v) is 37.4. The van der Waals surface area contributed by atoms with Gasteiger partial charge in [0.2, 0.25) is 0 Å². The molecule has 1 aliphatic rings. The van der Waals surface area contributed by atoms with E-state index in [1.54, 1.807) is 0 Å². The Kier molecular flexibility index (Phi) is 10.3. The van der Waals surface area contributed by atoms with E-state index in [1.807, 2.05) is 0 Å². The van der Waals surface area contributed by atoms with Crippen LogP contribution in [0, 0.1) is 0 Å².